The Labute approximate surface area is 92.5 Å². The van der Waals surface area contributed by atoms with E-state index in [1.807, 2.05) is 6.92 Å². The van der Waals surface area contributed by atoms with Crippen LogP contribution in [0.2, 0.25) is 0 Å². The summed E-state index contributed by atoms with van der Waals surface area (Å²) >= 11 is 1.44. The van der Waals surface area contributed by atoms with Crippen molar-refractivity contribution >= 4 is 17.7 Å². The Morgan fingerprint density at radius 3 is 1.93 bits per heavy atom. The SMILES string of the molecule is C=C(SN=C(C)C(C)C)C(=C)C(C)C. The first-order valence-electron chi connectivity index (χ1n) is 4.95. The van der Waals surface area contributed by atoms with Gasteiger partial charge in [-0.3, -0.25) is 0 Å². The number of hydrogen-bond acceptors (Lipinski definition) is 2. The Bertz CT molecular complexity index is 249. The van der Waals surface area contributed by atoms with Gasteiger partial charge in [0.05, 0.1) is 0 Å². The summed E-state index contributed by atoms with van der Waals surface area (Å²) < 4.78 is 4.40. The first kappa shape index (κ1) is 13.5. The maximum Gasteiger partial charge on any atom is 0.0262 e. The van der Waals surface area contributed by atoms with Crippen LogP contribution < -0.4 is 0 Å². The molecule has 2 heteroatoms. The molecular formula is C12H21NS. The van der Waals surface area contributed by atoms with Gasteiger partial charge in [-0.15, -0.1) is 0 Å². The summed E-state index contributed by atoms with van der Waals surface area (Å²) in [5, 5.41) is 0. The number of nitrogens with zero attached hydrogens (tertiary/aromatic N) is 1. The summed E-state index contributed by atoms with van der Waals surface area (Å²) in [4.78, 5) is 0.972. The highest BCUT2D eigenvalue weighted by Gasteiger charge is 2.05. The maximum atomic E-state index is 4.40. The van der Waals surface area contributed by atoms with Crippen molar-refractivity contribution in [2.24, 2.45) is 16.2 Å². The average Bonchev–Trinajstić information content (AvgIpc) is 2.11. The van der Waals surface area contributed by atoms with Gasteiger partial charge in [0.1, 0.15) is 0 Å². The van der Waals surface area contributed by atoms with Crippen LogP contribution in [0.4, 0.5) is 0 Å². The van der Waals surface area contributed by atoms with E-state index in [0.29, 0.717) is 11.8 Å². The summed E-state index contributed by atoms with van der Waals surface area (Å²) in [7, 11) is 0. The Morgan fingerprint density at radius 1 is 1.07 bits per heavy atom. The molecule has 0 amide bonds. The minimum absolute atomic E-state index is 0.449. The van der Waals surface area contributed by atoms with Gasteiger partial charge >= 0.3 is 0 Å². The zero-order valence-corrected chi connectivity index (χ0v) is 10.7. The lowest BCUT2D eigenvalue weighted by Gasteiger charge is -2.10. The molecule has 80 valence electrons. The summed E-state index contributed by atoms with van der Waals surface area (Å²) in [5.74, 6) is 0.951. The lowest BCUT2D eigenvalue weighted by molar-refractivity contribution is 0.793. The van der Waals surface area contributed by atoms with Gasteiger partial charge in [0, 0.05) is 22.6 Å². The molecule has 0 radical (unpaired) electrons. The zero-order chi connectivity index (χ0) is 11.3. The smallest absolute Gasteiger partial charge is 0.0262 e. The first-order chi connectivity index (χ1) is 6.36. The highest BCUT2D eigenvalue weighted by Crippen LogP contribution is 2.27. The van der Waals surface area contributed by atoms with E-state index in [1.54, 1.807) is 0 Å². The van der Waals surface area contributed by atoms with Crippen LogP contribution in [0.3, 0.4) is 0 Å². The van der Waals surface area contributed by atoms with Crippen molar-refractivity contribution in [3.8, 4) is 0 Å². The van der Waals surface area contributed by atoms with E-state index in [0.717, 1.165) is 16.2 Å². The highest BCUT2D eigenvalue weighted by molar-refractivity contribution is 8.02. The monoisotopic (exact) mass is 211 g/mol. The van der Waals surface area contributed by atoms with Crippen molar-refractivity contribution in [3.05, 3.63) is 23.6 Å². The van der Waals surface area contributed by atoms with Gasteiger partial charge in [-0.05, 0) is 24.3 Å². The second-order valence-electron chi connectivity index (χ2n) is 4.08. The molecule has 14 heavy (non-hydrogen) atoms. The second-order valence-corrected chi connectivity index (χ2v) is 4.94. The third kappa shape index (κ3) is 4.66. The topological polar surface area (TPSA) is 12.4 Å². The van der Waals surface area contributed by atoms with Gasteiger partial charge in [0.25, 0.3) is 0 Å². The fourth-order valence-corrected chi connectivity index (χ4v) is 1.43. The van der Waals surface area contributed by atoms with Gasteiger partial charge in [0.2, 0.25) is 0 Å². The lowest BCUT2D eigenvalue weighted by Crippen LogP contribution is -2.00. The van der Waals surface area contributed by atoms with Crippen LogP contribution in [0.1, 0.15) is 34.6 Å². The van der Waals surface area contributed by atoms with Gasteiger partial charge in [0.15, 0.2) is 0 Å². The molecule has 0 aromatic heterocycles. The second kappa shape index (κ2) is 6.07. The van der Waals surface area contributed by atoms with Crippen LogP contribution in [0.5, 0.6) is 0 Å². The van der Waals surface area contributed by atoms with Crippen molar-refractivity contribution in [2.75, 3.05) is 0 Å². The third-order valence-corrected chi connectivity index (χ3v) is 3.05. The molecule has 0 spiro atoms. The molecule has 0 aliphatic carbocycles. The Balaban J connectivity index is 4.22. The van der Waals surface area contributed by atoms with Crippen molar-refractivity contribution in [2.45, 2.75) is 34.6 Å². The molecule has 0 aliphatic heterocycles. The summed E-state index contributed by atoms with van der Waals surface area (Å²) in [5.41, 5.74) is 2.23. The van der Waals surface area contributed by atoms with Gasteiger partial charge in [-0.1, -0.05) is 40.9 Å². The van der Waals surface area contributed by atoms with Crippen molar-refractivity contribution in [3.63, 3.8) is 0 Å². The zero-order valence-electron chi connectivity index (χ0n) is 9.92. The molecule has 0 N–H and O–H groups in total. The molecule has 0 rings (SSSR count). The van der Waals surface area contributed by atoms with E-state index in [2.05, 4.69) is 45.3 Å². The van der Waals surface area contributed by atoms with E-state index in [-0.39, 0.29) is 0 Å². The molecule has 0 saturated carbocycles. The van der Waals surface area contributed by atoms with E-state index in [9.17, 15) is 0 Å². The minimum Gasteiger partial charge on any atom is -0.220 e. The first-order valence-corrected chi connectivity index (χ1v) is 5.73. The fraction of sp³-hybridized carbons (Fsp3) is 0.583. The third-order valence-electron chi connectivity index (χ3n) is 2.19. The van der Waals surface area contributed by atoms with Crippen LogP contribution in [0.25, 0.3) is 0 Å². The van der Waals surface area contributed by atoms with Gasteiger partial charge < -0.3 is 0 Å². The van der Waals surface area contributed by atoms with Crippen molar-refractivity contribution < 1.29 is 0 Å². The van der Waals surface area contributed by atoms with Crippen molar-refractivity contribution in [1.82, 2.24) is 0 Å². The quantitative estimate of drug-likeness (QED) is 0.371. The maximum absolute atomic E-state index is 4.40. The largest absolute Gasteiger partial charge is 0.220 e. The lowest BCUT2D eigenvalue weighted by atomic mass is 10.1. The van der Waals surface area contributed by atoms with Crippen LogP contribution in [0, 0.1) is 11.8 Å². The predicted molar refractivity (Wildman–Crippen MR) is 68.7 cm³/mol. The number of rotatable bonds is 5. The molecule has 0 aromatic rings. The fourth-order valence-electron chi connectivity index (χ4n) is 0.613. The van der Waals surface area contributed by atoms with Gasteiger partial charge in [-0.25, -0.2) is 4.40 Å². The Morgan fingerprint density at radius 2 is 1.57 bits per heavy atom. The van der Waals surface area contributed by atoms with Crippen LogP contribution in [0.15, 0.2) is 28.0 Å². The molecule has 1 nitrogen and oxygen atoms in total. The predicted octanol–water partition coefficient (Wildman–Crippen LogP) is 4.48. The highest BCUT2D eigenvalue weighted by atomic mass is 32.2. The molecule has 0 fully saturated rings. The van der Waals surface area contributed by atoms with Crippen LogP contribution in [-0.4, -0.2) is 5.71 Å². The minimum atomic E-state index is 0.449. The summed E-state index contributed by atoms with van der Waals surface area (Å²) in [6.45, 7) is 18.5. The van der Waals surface area contributed by atoms with E-state index in [4.69, 9.17) is 0 Å². The summed E-state index contributed by atoms with van der Waals surface area (Å²) in [6.07, 6.45) is 0. The van der Waals surface area contributed by atoms with E-state index in [1.165, 1.54) is 11.9 Å². The molecule has 0 aliphatic rings. The molecule has 0 bridgehead atoms. The number of allylic oxidation sites excluding steroid dienone is 1. The molecule has 0 saturated heterocycles. The molecule has 0 atom stereocenters. The Kier molecular flexibility index (Phi) is 5.86. The van der Waals surface area contributed by atoms with E-state index < -0.39 is 0 Å². The molecular weight excluding hydrogens is 190 g/mol. The molecule has 0 aromatic carbocycles. The number of hydrogen-bond donors (Lipinski definition) is 0. The average molecular weight is 211 g/mol. The van der Waals surface area contributed by atoms with Crippen molar-refractivity contribution in [1.29, 1.82) is 0 Å². The Hall–Kier alpha value is -0.500. The van der Waals surface area contributed by atoms with Gasteiger partial charge in [-0.2, -0.15) is 0 Å². The summed E-state index contributed by atoms with van der Waals surface area (Å²) in [6, 6.07) is 0. The van der Waals surface area contributed by atoms with E-state index >= 15 is 0 Å². The standard InChI is InChI=1S/C12H21NS/c1-8(2)10(5)12(7)14-13-11(6)9(3)4/h8-9H,5,7H2,1-4,6H3. The normalized spacial score (nSPS) is 12.4. The van der Waals surface area contributed by atoms with Crippen LogP contribution >= 0.6 is 11.9 Å². The molecule has 0 unspecified atom stereocenters. The molecule has 0 heterocycles. The van der Waals surface area contributed by atoms with Crippen LogP contribution in [-0.2, 0) is 0 Å².